The summed E-state index contributed by atoms with van der Waals surface area (Å²) in [6.07, 6.45) is 1.11. The maximum Gasteiger partial charge on any atom is 0.0845 e. The second-order valence-electron chi connectivity index (χ2n) is 2.50. The highest BCUT2D eigenvalue weighted by molar-refractivity contribution is 8.14. The molecule has 0 bridgehead atoms. The fourth-order valence-electron chi connectivity index (χ4n) is 1.06. The van der Waals surface area contributed by atoms with E-state index in [1.807, 2.05) is 18.8 Å². The predicted octanol–water partition coefficient (Wildman–Crippen LogP) is 2.16. The molecule has 72 valence electrons. The molecule has 0 aromatic heterocycles. The molecule has 0 spiro atoms. The normalized spacial score (nSPS) is 14.8. The van der Waals surface area contributed by atoms with Crippen LogP contribution in [0, 0.1) is 0 Å². The van der Waals surface area contributed by atoms with Crippen LogP contribution in [0.5, 0.6) is 0 Å². The van der Waals surface area contributed by atoms with E-state index in [9.17, 15) is 0 Å². The average molecular weight is 188 g/mol. The maximum atomic E-state index is 4.47. The second-order valence-corrected chi connectivity index (χ2v) is 3.78. The third-order valence-corrected chi connectivity index (χ3v) is 2.66. The number of aliphatic imine (C=N–C) groups is 1. The van der Waals surface area contributed by atoms with Gasteiger partial charge in [-0.2, -0.15) is 0 Å². The van der Waals surface area contributed by atoms with E-state index in [1.165, 1.54) is 5.04 Å². The van der Waals surface area contributed by atoms with E-state index in [4.69, 9.17) is 0 Å². The molecule has 1 unspecified atom stereocenters. The molecule has 0 saturated heterocycles. The molecule has 0 aromatic rings. The Morgan fingerprint density at radius 2 is 2.08 bits per heavy atom. The SMILES string of the molecule is CCN=C(SCC)C(CC)NC. The van der Waals surface area contributed by atoms with Gasteiger partial charge in [-0.1, -0.05) is 13.8 Å². The molecular formula is C9H20N2S. The summed E-state index contributed by atoms with van der Waals surface area (Å²) in [5.74, 6) is 1.11. The van der Waals surface area contributed by atoms with Crippen LogP contribution in [-0.2, 0) is 0 Å². The van der Waals surface area contributed by atoms with Crippen LogP contribution in [0.4, 0.5) is 0 Å². The number of hydrogen-bond acceptors (Lipinski definition) is 3. The first kappa shape index (κ1) is 12.0. The van der Waals surface area contributed by atoms with Crippen molar-refractivity contribution in [3.63, 3.8) is 0 Å². The molecule has 2 nitrogen and oxygen atoms in total. The van der Waals surface area contributed by atoms with Crippen LogP contribution in [-0.4, -0.2) is 30.4 Å². The lowest BCUT2D eigenvalue weighted by Crippen LogP contribution is -2.31. The van der Waals surface area contributed by atoms with E-state index >= 15 is 0 Å². The number of thioether (sulfide) groups is 1. The van der Waals surface area contributed by atoms with E-state index < -0.39 is 0 Å². The van der Waals surface area contributed by atoms with Gasteiger partial charge in [0.1, 0.15) is 0 Å². The molecule has 0 aliphatic heterocycles. The average Bonchev–Trinajstić information content (AvgIpc) is 2.07. The van der Waals surface area contributed by atoms with E-state index in [1.54, 1.807) is 0 Å². The molecule has 0 aliphatic rings. The summed E-state index contributed by atoms with van der Waals surface area (Å²) in [5.41, 5.74) is 0. The minimum atomic E-state index is 0.454. The van der Waals surface area contributed by atoms with Crippen molar-refractivity contribution in [1.29, 1.82) is 0 Å². The topological polar surface area (TPSA) is 24.4 Å². The van der Waals surface area contributed by atoms with Crippen LogP contribution in [0.15, 0.2) is 4.99 Å². The Morgan fingerprint density at radius 1 is 1.42 bits per heavy atom. The molecule has 0 rings (SSSR count). The van der Waals surface area contributed by atoms with Gasteiger partial charge in [0.2, 0.25) is 0 Å². The Hall–Kier alpha value is -0.0200. The molecule has 1 N–H and O–H groups in total. The first-order chi connectivity index (χ1) is 5.79. The number of nitrogens with zero attached hydrogens (tertiary/aromatic N) is 1. The molecule has 1 atom stereocenters. The van der Waals surface area contributed by atoms with Crippen LogP contribution in [0.2, 0.25) is 0 Å². The molecule has 0 radical (unpaired) electrons. The second kappa shape index (κ2) is 7.62. The Morgan fingerprint density at radius 3 is 2.42 bits per heavy atom. The smallest absolute Gasteiger partial charge is 0.0845 e. The van der Waals surface area contributed by atoms with Gasteiger partial charge in [0.25, 0.3) is 0 Å². The van der Waals surface area contributed by atoms with Gasteiger partial charge < -0.3 is 5.32 Å². The third kappa shape index (κ3) is 4.12. The van der Waals surface area contributed by atoms with Crippen molar-refractivity contribution >= 4 is 16.8 Å². The number of rotatable bonds is 5. The number of hydrogen-bond donors (Lipinski definition) is 1. The first-order valence-electron chi connectivity index (χ1n) is 4.64. The van der Waals surface area contributed by atoms with Crippen molar-refractivity contribution in [1.82, 2.24) is 5.32 Å². The van der Waals surface area contributed by atoms with Gasteiger partial charge in [-0.3, -0.25) is 4.99 Å². The standard InChI is InChI=1S/C9H20N2S/c1-5-8(10-4)9(11-6-2)12-7-3/h8,10H,5-7H2,1-4H3. The molecule has 0 fully saturated rings. The van der Waals surface area contributed by atoms with Crippen molar-refractivity contribution < 1.29 is 0 Å². The summed E-state index contributed by atoms with van der Waals surface area (Å²) in [6, 6.07) is 0.454. The fraction of sp³-hybridized carbons (Fsp3) is 0.889. The molecule has 0 heterocycles. The zero-order valence-corrected chi connectivity index (χ0v) is 9.37. The predicted molar refractivity (Wildman–Crippen MR) is 59.2 cm³/mol. The van der Waals surface area contributed by atoms with Gasteiger partial charge in [-0.05, 0) is 26.1 Å². The van der Waals surface area contributed by atoms with Crippen LogP contribution >= 0.6 is 11.8 Å². The van der Waals surface area contributed by atoms with Gasteiger partial charge in [-0.15, -0.1) is 11.8 Å². The van der Waals surface area contributed by atoms with Gasteiger partial charge in [0.05, 0.1) is 11.1 Å². The van der Waals surface area contributed by atoms with Crippen molar-refractivity contribution in [3.8, 4) is 0 Å². The Bertz CT molecular complexity index is 130. The molecule has 0 aromatic carbocycles. The van der Waals surface area contributed by atoms with Crippen LogP contribution < -0.4 is 5.32 Å². The minimum Gasteiger partial charge on any atom is -0.311 e. The highest BCUT2D eigenvalue weighted by Crippen LogP contribution is 2.09. The Labute approximate surface area is 80.2 Å². The van der Waals surface area contributed by atoms with Crippen LogP contribution in [0.25, 0.3) is 0 Å². The van der Waals surface area contributed by atoms with Crippen molar-refractivity contribution in [3.05, 3.63) is 0 Å². The van der Waals surface area contributed by atoms with E-state index in [0.29, 0.717) is 6.04 Å². The molecule has 12 heavy (non-hydrogen) atoms. The Kier molecular flexibility index (Phi) is 7.61. The summed E-state index contributed by atoms with van der Waals surface area (Å²) >= 11 is 1.85. The zero-order chi connectivity index (χ0) is 9.40. The van der Waals surface area contributed by atoms with E-state index in [-0.39, 0.29) is 0 Å². The number of nitrogens with one attached hydrogen (secondary N) is 1. The lowest BCUT2D eigenvalue weighted by Gasteiger charge is -2.15. The minimum absolute atomic E-state index is 0.454. The zero-order valence-electron chi connectivity index (χ0n) is 8.55. The summed E-state index contributed by atoms with van der Waals surface area (Å²) in [7, 11) is 2.00. The summed E-state index contributed by atoms with van der Waals surface area (Å²) in [5, 5.41) is 4.52. The summed E-state index contributed by atoms with van der Waals surface area (Å²) in [6.45, 7) is 7.32. The summed E-state index contributed by atoms with van der Waals surface area (Å²) < 4.78 is 0. The molecule has 0 saturated carbocycles. The maximum absolute atomic E-state index is 4.47. The van der Waals surface area contributed by atoms with E-state index in [0.717, 1.165) is 18.7 Å². The monoisotopic (exact) mass is 188 g/mol. The first-order valence-corrected chi connectivity index (χ1v) is 5.63. The Balaban J connectivity index is 4.15. The van der Waals surface area contributed by atoms with E-state index in [2.05, 4.69) is 31.1 Å². The van der Waals surface area contributed by atoms with Crippen LogP contribution in [0.1, 0.15) is 27.2 Å². The highest BCUT2D eigenvalue weighted by atomic mass is 32.2. The van der Waals surface area contributed by atoms with Gasteiger partial charge in [0.15, 0.2) is 0 Å². The fourth-order valence-corrected chi connectivity index (χ4v) is 2.06. The van der Waals surface area contributed by atoms with Gasteiger partial charge in [0, 0.05) is 6.54 Å². The third-order valence-electron chi connectivity index (χ3n) is 1.66. The largest absolute Gasteiger partial charge is 0.311 e. The molecule has 0 aliphatic carbocycles. The molecular weight excluding hydrogens is 168 g/mol. The lowest BCUT2D eigenvalue weighted by molar-refractivity contribution is 0.683. The van der Waals surface area contributed by atoms with Gasteiger partial charge >= 0.3 is 0 Å². The lowest BCUT2D eigenvalue weighted by atomic mass is 10.2. The highest BCUT2D eigenvalue weighted by Gasteiger charge is 2.10. The molecule has 3 heteroatoms. The van der Waals surface area contributed by atoms with Crippen molar-refractivity contribution in [2.45, 2.75) is 33.2 Å². The van der Waals surface area contributed by atoms with Crippen molar-refractivity contribution in [2.24, 2.45) is 4.99 Å². The van der Waals surface area contributed by atoms with Crippen molar-refractivity contribution in [2.75, 3.05) is 19.3 Å². The van der Waals surface area contributed by atoms with Crippen LogP contribution in [0.3, 0.4) is 0 Å². The molecule has 0 amide bonds. The quantitative estimate of drug-likeness (QED) is 0.528. The van der Waals surface area contributed by atoms with Gasteiger partial charge in [-0.25, -0.2) is 0 Å². The summed E-state index contributed by atoms with van der Waals surface area (Å²) in [4.78, 5) is 4.47.